The Labute approximate surface area is 107 Å². The summed E-state index contributed by atoms with van der Waals surface area (Å²) >= 11 is 0. The van der Waals surface area contributed by atoms with E-state index in [1.165, 1.54) is 18.2 Å². The number of nitrogens with zero attached hydrogens (tertiary/aromatic N) is 2. The van der Waals surface area contributed by atoms with Gasteiger partial charge in [0.05, 0.1) is 0 Å². The minimum absolute atomic E-state index is 0.136. The highest BCUT2D eigenvalue weighted by atomic mass is 19.2. The number of aryl methyl sites for hydroxylation is 1. The molecule has 2 rings (SSSR count). The van der Waals surface area contributed by atoms with Crippen molar-refractivity contribution in [2.45, 2.75) is 6.92 Å². The SMILES string of the molecule is Cc1cc(O)nc(/C=C/c2ccc(F)c(F)c2F)n1. The topological polar surface area (TPSA) is 46.0 Å². The van der Waals surface area contributed by atoms with Crippen LogP contribution in [0.2, 0.25) is 0 Å². The van der Waals surface area contributed by atoms with Gasteiger partial charge in [0.2, 0.25) is 5.88 Å². The largest absolute Gasteiger partial charge is 0.493 e. The lowest BCUT2D eigenvalue weighted by atomic mass is 10.2. The molecule has 6 heteroatoms. The zero-order valence-corrected chi connectivity index (χ0v) is 9.86. The molecule has 0 spiro atoms. The van der Waals surface area contributed by atoms with Crippen molar-refractivity contribution in [1.29, 1.82) is 0 Å². The molecule has 0 aliphatic carbocycles. The van der Waals surface area contributed by atoms with E-state index >= 15 is 0 Å². The Bertz CT molecular complexity index is 636. The van der Waals surface area contributed by atoms with Gasteiger partial charge in [0.1, 0.15) is 0 Å². The molecule has 0 atom stereocenters. The summed E-state index contributed by atoms with van der Waals surface area (Å²) in [5.74, 6) is -4.15. The number of benzene rings is 1. The van der Waals surface area contributed by atoms with Gasteiger partial charge in [0.25, 0.3) is 0 Å². The summed E-state index contributed by atoms with van der Waals surface area (Å²) in [6.07, 6.45) is 2.49. The van der Waals surface area contributed by atoms with Crippen molar-refractivity contribution >= 4 is 12.2 Å². The van der Waals surface area contributed by atoms with E-state index in [1.54, 1.807) is 6.92 Å². The number of hydrogen-bond acceptors (Lipinski definition) is 3. The van der Waals surface area contributed by atoms with Gasteiger partial charge >= 0.3 is 0 Å². The highest BCUT2D eigenvalue weighted by Gasteiger charge is 2.11. The minimum atomic E-state index is -1.53. The quantitative estimate of drug-likeness (QED) is 0.850. The van der Waals surface area contributed by atoms with Crippen LogP contribution in [0.3, 0.4) is 0 Å². The molecule has 0 bridgehead atoms. The summed E-state index contributed by atoms with van der Waals surface area (Å²) < 4.78 is 39.1. The van der Waals surface area contributed by atoms with Crippen LogP contribution in [0.1, 0.15) is 17.1 Å². The van der Waals surface area contributed by atoms with Crippen LogP contribution in [0.4, 0.5) is 13.2 Å². The second-order valence-electron chi connectivity index (χ2n) is 3.82. The molecule has 0 aliphatic heterocycles. The number of rotatable bonds is 2. The molecule has 0 unspecified atom stereocenters. The molecule has 1 N–H and O–H groups in total. The maximum Gasteiger partial charge on any atom is 0.214 e. The van der Waals surface area contributed by atoms with Gasteiger partial charge in [-0.2, -0.15) is 4.98 Å². The van der Waals surface area contributed by atoms with E-state index in [-0.39, 0.29) is 17.3 Å². The fraction of sp³-hybridized carbons (Fsp3) is 0.0769. The van der Waals surface area contributed by atoms with Crippen LogP contribution in [0.25, 0.3) is 12.2 Å². The molecule has 19 heavy (non-hydrogen) atoms. The van der Waals surface area contributed by atoms with Crippen molar-refractivity contribution < 1.29 is 18.3 Å². The van der Waals surface area contributed by atoms with Gasteiger partial charge in [-0.1, -0.05) is 0 Å². The average molecular weight is 266 g/mol. The van der Waals surface area contributed by atoms with Crippen molar-refractivity contribution in [1.82, 2.24) is 9.97 Å². The molecule has 0 saturated carbocycles. The van der Waals surface area contributed by atoms with Crippen molar-refractivity contribution in [3.8, 4) is 5.88 Å². The van der Waals surface area contributed by atoms with Gasteiger partial charge in [-0.25, -0.2) is 18.2 Å². The average Bonchev–Trinajstić information content (AvgIpc) is 2.34. The molecular formula is C13H9F3N2O. The standard InChI is InChI=1S/C13H9F3N2O/c1-7-6-11(19)18-10(17-7)5-3-8-2-4-9(14)13(16)12(8)15/h2-6H,1H3,(H,17,18,19)/b5-3+. The van der Waals surface area contributed by atoms with Crippen molar-refractivity contribution in [2.75, 3.05) is 0 Å². The molecule has 0 saturated heterocycles. The highest BCUT2D eigenvalue weighted by Crippen LogP contribution is 2.17. The second kappa shape index (κ2) is 5.09. The number of halogens is 3. The Kier molecular flexibility index (Phi) is 3.50. The van der Waals surface area contributed by atoms with Gasteiger partial charge in [0, 0.05) is 17.3 Å². The predicted molar refractivity (Wildman–Crippen MR) is 63.7 cm³/mol. The van der Waals surface area contributed by atoms with Crippen molar-refractivity contribution in [3.05, 3.63) is 52.7 Å². The van der Waals surface area contributed by atoms with Gasteiger partial charge in [-0.3, -0.25) is 0 Å². The predicted octanol–water partition coefficient (Wildman–Crippen LogP) is 3.08. The van der Waals surface area contributed by atoms with Crippen LogP contribution < -0.4 is 0 Å². The Morgan fingerprint density at radius 2 is 1.79 bits per heavy atom. The Morgan fingerprint density at radius 3 is 2.47 bits per heavy atom. The van der Waals surface area contributed by atoms with E-state index in [0.29, 0.717) is 5.69 Å². The van der Waals surface area contributed by atoms with Gasteiger partial charge in [-0.15, -0.1) is 0 Å². The molecule has 1 aromatic carbocycles. The summed E-state index contributed by atoms with van der Waals surface area (Å²) in [5.41, 5.74) is 0.390. The van der Waals surface area contributed by atoms with Crippen LogP contribution >= 0.6 is 0 Å². The Morgan fingerprint density at radius 1 is 1.05 bits per heavy atom. The van der Waals surface area contributed by atoms with Crippen LogP contribution in [0.5, 0.6) is 5.88 Å². The Balaban J connectivity index is 2.35. The zero-order chi connectivity index (χ0) is 14.0. The molecular weight excluding hydrogens is 257 g/mol. The third-order valence-electron chi connectivity index (χ3n) is 2.34. The normalized spacial score (nSPS) is 11.2. The lowest BCUT2D eigenvalue weighted by molar-refractivity contribution is 0.446. The summed E-state index contributed by atoms with van der Waals surface area (Å²) in [4.78, 5) is 7.66. The van der Waals surface area contributed by atoms with Crippen LogP contribution in [-0.4, -0.2) is 15.1 Å². The van der Waals surface area contributed by atoms with Gasteiger partial charge in [-0.05, 0) is 31.2 Å². The molecule has 2 aromatic rings. The lowest BCUT2D eigenvalue weighted by Crippen LogP contribution is -1.94. The third-order valence-corrected chi connectivity index (χ3v) is 2.34. The first kappa shape index (κ1) is 13.1. The summed E-state index contributed by atoms with van der Waals surface area (Å²) in [6.45, 7) is 1.65. The summed E-state index contributed by atoms with van der Waals surface area (Å²) in [6, 6.07) is 3.28. The first-order valence-electron chi connectivity index (χ1n) is 5.33. The molecule has 98 valence electrons. The summed E-state index contributed by atoms with van der Waals surface area (Å²) in [7, 11) is 0. The monoisotopic (exact) mass is 266 g/mol. The molecule has 0 radical (unpaired) electrons. The molecule has 1 aromatic heterocycles. The number of aromatic nitrogens is 2. The van der Waals surface area contributed by atoms with E-state index in [9.17, 15) is 18.3 Å². The Hall–Kier alpha value is -2.37. The molecule has 3 nitrogen and oxygen atoms in total. The van der Waals surface area contributed by atoms with E-state index in [4.69, 9.17) is 0 Å². The first-order chi connectivity index (χ1) is 8.97. The van der Waals surface area contributed by atoms with Crippen molar-refractivity contribution in [3.63, 3.8) is 0 Å². The van der Waals surface area contributed by atoms with E-state index in [2.05, 4.69) is 9.97 Å². The van der Waals surface area contributed by atoms with E-state index in [0.717, 1.165) is 12.1 Å². The molecule has 0 amide bonds. The summed E-state index contributed by atoms with van der Waals surface area (Å²) in [5, 5.41) is 9.26. The fourth-order valence-electron chi connectivity index (χ4n) is 1.48. The maximum absolute atomic E-state index is 13.4. The van der Waals surface area contributed by atoms with Crippen LogP contribution in [0.15, 0.2) is 18.2 Å². The van der Waals surface area contributed by atoms with Gasteiger partial charge < -0.3 is 5.11 Å². The van der Waals surface area contributed by atoms with E-state index < -0.39 is 17.5 Å². The first-order valence-corrected chi connectivity index (χ1v) is 5.33. The number of hydrogen-bond donors (Lipinski definition) is 1. The molecule has 0 aliphatic rings. The lowest BCUT2D eigenvalue weighted by Gasteiger charge is -2.00. The van der Waals surface area contributed by atoms with Crippen LogP contribution in [0, 0.1) is 24.4 Å². The van der Waals surface area contributed by atoms with Crippen molar-refractivity contribution in [2.24, 2.45) is 0 Å². The maximum atomic E-state index is 13.4. The second-order valence-corrected chi connectivity index (χ2v) is 3.82. The highest BCUT2D eigenvalue weighted by molar-refractivity contribution is 5.67. The van der Waals surface area contributed by atoms with Gasteiger partial charge in [0.15, 0.2) is 23.3 Å². The minimum Gasteiger partial charge on any atom is -0.493 e. The number of aromatic hydroxyl groups is 1. The third kappa shape index (κ3) is 2.90. The molecule has 1 heterocycles. The van der Waals surface area contributed by atoms with Crippen LogP contribution in [-0.2, 0) is 0 Å². The zero-order valence-electron chi connectivity index (χ0n) is 9.86. The smallest absolute Gasteiger partial charge is 0.214 e. The molecule has 0 fully saturated rings. The van der Waals surface area contributed by atoms with E-state index in [1.807, 2.05) is 0 Å². The fourth-order valence-corrected chi connectivity index (χ4v) is 1.48.